The number of alkyl halides is 1. The number of allylic oxidation sites excluding steroid dienone is 1. The van der Waals surface area contributed by atoms with Crippen molar-refractivity contribution >= 4 is 21.5 Å². The van der Waals surface area contributed by atoms with Crippen molar-refractivity contribution in [2.45, 2.75) is 5.33 Å². The largest absolute Gasteiger partial charge is 0.193 e. The van der Waals surface area contributed by atoms with E-state index in [4.69, 9.17) is 5.26 Å². The zero-order chi connectivity index (χ0) is 12.8. The molecule has 18 heavy (non-hydrogen) atoms. The molecule has 0 N–H and O–H groups in total. The molecule has 88 valence electrons. The van der Waals surface area contributed by atoms with Gasteiger partial charge in [-0.15, -0.1) is 0 Å². The summed E-state index contributed by atoms with van der Waals surface area (Å²) in [5, 5.41) is 9.76. The molecule has 0 aliphatic carbocycles. The van der Waals surface area contributed by atoms with Crippen molar-refractivity contribution in [2.24, 2.45) is 0 Å². The summed E-state index contributed by atoms with van der Waals surface area (Å²) in [6.45, 7) is 0. The van der Waals surface area contributed by atoms with Gasteiger partial charge in [0.2, 0.25) is 0 Å². The highest BCUT2D eigenvalue weighted by molar-refractivity contribution is 9.08. The molecule has 2 heteroatoms. The first kappa shape index (κ1) is 12.6. The summed E-state index contributed by atoms with van der Waals surface area (Å²) in [7, 11) is 0. The van der Waals surface area contributed by atoms with Crippen molar-refractivity contribution in [1.29, 1.82) is 5.26 Å². The highest BCUT2D eigenvalue weighted by Gasteiger charge is 2.08. The highest BCUT2D eigenvalue weighted by atomic mass is 79.9. The van der Waals surface area contributed by atoms with Crippen molar-refractivity contribution in [3.8, 4) is 6.07 Å². The molecule has 0 radical (unpaired) electrons. The molecular weight excluding hydrogens is 286 g/mol. The standard InChI is InChI=1S/C16H12BrN/c17-12-14-8-4-5-9-15(14)16(10-11-18)13-6-2-1-3-7-13/h1-10H,12H2. The first-order valence-corrected chi connectivity index (χ1v) is 6.78. The van der Waals surface area contributed by atoms with Crippen LogP contribution in [-0.4, -0.2) is 0 Å². The molecule has 0 saturated carbocycles. The fraction of sp³-hybridized carbons (Fsp3) is 0.0625. The van der Waals surface area contributed by atoms with E-state index in [1.54, 1.807) is 6.08 Å². The van der Waals surface area contributed by atoms with Crippen molar-refractivity contribution in [1.82, 2.24) is 0 Å². The maximum Gasteiger partial charge on any atom is 0.0918 e. The Balaban J connectivity index is 2.57. The minimum absolute atomic E-state index is 0.777. The van der Waals surface area contributed by atoms with E-state index in [0.29, 0.717) is 0 Å². The molecule has 1 nitrogen and oxygen atoms in total. The quantitative estimate of drug-likeness (QED) is 0.603. The third kappa shape index (κ3) is 2.69. The summed E-state index contributed by atoms with van der Waals surface area (Å²) in [4.78, 5) is 0. The van der Waals surface area contributed by atoms with Crippen molar-refractivity contribution in [2.75, 3.05) is 0 Å². The van der Waals surface area contributed by atoms with Gasteiger partial charge in [0.05, 0.1) is 6.07 Å². The van der Waals surface area contributed by atoms with Gasteiger partial charge in [-0.2, -0.15) is 5.26 Å². The first-order chi connectivity index (χ1) is 8.86. The van der Waals surface area contributed by atoms with Crippen LogP contribution in [0, 0.1) is 11.3 Å². The lowest BCUT2D eigenvalue weighted by molar-refractivity contribution is 1.38. The molecule has 0 bridgehead atoms. The Labute approximate surface area is 116 Å². The van der Waals surface area contributed by atoms with Crippen molar-refractivity contribution in [3.63, 3.8) is 0 Å². The average molecular weight is 298 g/mol. The second-order valence-corrected chi connectivity index (χ2v) is 4.40. The molecule has 2 aromatic carbocycles. The second-order valence-electron chi connectivity index (χ2n) is 3.84. The molecular formula is C16H12BrN. The molecule has 0 amide bonds. The van der Waals surface area contributed by atoms with Crippen molar-refractivity contribution in [3.05, 3.63) is 77.4 Å². The normalized spacial score (nSPS) is 11.0. The Bertz CT molecular complexity index is 594. The Kier molecular flexibility index (Phi) is 4.33. The molecule has 2 aromatic rings. The van der Waals surface area contributed by atoms with E-state index < -0.39 is 0 Å². The minimum atomic E-state index is 0.777. The monoisotopic (exact) mass is 297 g/mol. The van der Waals surface area contributed by atoms with Crippen LogP contribution in [0.15, 0.2) is 60.7 Å². The van der Waals surface area contributed by atoms with Crippen LogP contribution in [0.4, 0.5) is 0 Å². The van der Waals surface area contributed by atoms with E-state index in [2.05, 4.69) is 28.1 Å². The molecule has 0 atom stereocenters. The van der Waals surface area contributed by atoms with E-state index in [1.807, 2.05) is 48.5 Å². The van der Waals surface area contributed by atoms with Gasteiger partial charge in [-0.25, -0.2) is 0 Å². The van der Waals surface area contributed by atoms with Crippen LogP contribution in [0.5, 0.6) is 0 Å². The highest BCUT2D eigenvalue weighted by Crippen LogP contribution is 2.27. The van der Waals surface area contributed by atoms with Crippen LogP contribution in [0.3, 0.4) is 0 Å². The summed E-state index contributed by atoms with van der Waals surface area (Å²) < 4.78 is 0. The molecule has 0 aromatic heterocycles. The van der Waals surface area contributed by atoms with Gasteiger partial charge >= 0.3 is 0 Å². The first-order valence-electron chi connectivity index (χ1n) is 5.66. The number of nitriles is 1. The Morgan fingerprint density at radius 2 is 1.72 bits per heavy atom. The second kappa shape index (κ2) is 6.18. The maximum absolute atomic E-state index is 8.98. The zero-order valence-electron chi connectivity index (χ0n) is 9.81. The van der Waals surface area contributed by atoms with E-state index in [9.17, 15) is 0 Å². The minimum Gasteiger partial charge on any atom is -0.193 e. The third-order valence-electron chi connectivity index (χ3n) is 2.75. The van der Waals surface area contributed by atoms with Crippen LogP contribution >= 0.6 is 15.9 Å². The Morgan fingerprint density at radius 1 is 1.06 bits per heavy atom. The van der Waals surface area contributed by atoms with Gasteiger partial charge in [0.15, 0.2) is 0 Å². The summed E-state index contributed by atoms with van der Waals surface area (Å²) in [6.07, 6.45) is 1.61. The number of hydrogen-bond donors (Lipinski definition) is 0. The number of halogens is 1. The van der Waals surface area contributed by atoms with E-state index in [0.717, 1.165) is 22.0 Å². The SMILES string of the molecule is N#CC=C(c1ccccc1)c1ccccc1CBr. The lowest BCUT2D eigenvalue weighted by Crippen LogP contribution is -1.92. The van der Waals surface area contributed by atoms with Crippen LogP contribution in [-0.2, 0) is 5.33 Å². The van der Waals surface area contributed by atoms with Crippen LogP contribution in [0.1, 0.15) is 16.7 Å². The van der Waals surface area contributed by atoms with E-state index in [-0.39, 0.29) is 0 Å². The third-order valence-corrected chi connectivity index (χ3v) is 3.35. The number of rotatable bonds is 3. The summed E-state index contributed by atoms with van der Waals surface area (Å²) in [5.74, 6) is 0. The van der Waals surface area contributed by atoms with Gasteiger partial charge in [-0.1, -0.05) is 70.5 Å². The molecule has 0 fully saturated rings. The fourth-order valence-electron chi connectivity index (χ4n) is 1.90. The predicted molar refractivity (Wildman–Crippen MR) is 78.2 cm³/mol. The van der Waals surface area contributed by atoms with Gasteiger partial charge in [0, 0.05) is 11.4 Å². The lowest BCUT2D eigenvalue weighted by Gasteiger charge is -2.11. The molecule has 0 heterocycles. The summed E-state index contributed by atoms with van der Waals surface area (Å²) in [6, 6.07) is 20.2. The van der Waals surface area contributed by atoms with Gasteiger partial charge < -0.3 is 0 Å². The zero-order valence-corrected chi connectivity index (χ0v) is 11.4. The fourth-order valence-corrected chi connectivity index (χ4v) is 2.39. The molecule has 0 saturated heterocycles. The lowest BCUT2D eigenvalue weighted by atomic mass is 9.94. The number of benzene rings is 2. The van der Waals surface area contributed by atoms with E-state index >= 15 is 0 Å². The van der Waals surface area contributed by atoms with Crippen LogP contribution in [0.2, 0.25) is 0 Å². The van der Waals surface area contributed by atoms with Crippen LogP contribution in [0.25, 0.3) is 5.57 Å². The molecule has 0 aliphatic rings. The smallest absolute Gasteiger partial charge is 0.0918 e. The average Bonchev–Trinajstić information content (AvgIpc) is 2.46. The van der Waals surface area contributed by atoms with Gasteiger partial charge in [-0.3, -0.25) is 0 Å². The van der Waals surface area contributed by atoms with Gasteiger partial charge in [-0.05, 0) is 22.3 Å². The molecule has 0 aliphatic heterocycles. The number of nitrogens with zero attached hydrogens (tertiary/aromatic N) is 1. The molecule has 2 rings (SSSR count). The molecule has 0 unspecified atom stereocenters. The van der Waals surface area contributed by atoms with Crippen molar-refractivity contribution < 1.29 is 0 Å². The van der Waals surface area contributed by atoms with Crippen LogP contribution < -0.4 is 0 Å². The molecule has 0 spiro atoms. The Morgan fingerprint density at radius 3 is 2.39 bits per heavy atom. The summed E-state index contributed by atoms with van der Waals surface area (Å²) in [5.41, 5.74) is 4.31. The topological polar surface area (TPSA) is 23.8 Å². The number of hydrogen-bond acceptors (Lipinski definition) is 1. The summed E-state index contributed by atoms with van der Waals surface area (Å²) >= 11 is 3.49. The Hall–Kier alpha value is -1.85. The predicted octanol–water partition coefficient (Wildman–Crippen LogP) is 4.54. The van der Waals surface area contributed by atoms with Gasteiger partial charge in [0.1, 0.15) is 0 Å². The maximum atomic E-state index is 8.98. The van der Waals surface area contributed by atoms with Gasteiger partial charge in [0.25, 0.3) is 0 Å². The van der Waals surface area contributed by atoms with E-state index in [1.165, 1.54) is 5.56 Å².